The van der Waals surface area contributed by atoms with Gasteiger partial charge in [-0.25, -0.2) is 0 Å². The summed E-state index contributed by atoms with van der Waals surface area (Å²) in [4.78, 5) is 11.8. The lowest BCUT2D eigenvalue weighted by atomic mass is 10.2. The second kappa shape index (κ2) is 4.51. The van der Waals surface area contributed by atoms with Crippen molar-refractivity contribution in [2.75, 3.05) is 11.1 Å². The number of para-hydroxylation sites is 1. The zero-order chi connectivity index (χ0) is 12.4. The number of nitrogens with two attached hydrogens (primary N) is 1. The van der Waals surface area contributed by atoms with E-state index in [4.69, 9.17) is 21.8 Å². The summed E-state index contributed by atoms with van der Waals surface area (Å²) >= 11 is 5.95. The molecule has 1 heterocycles. The number of rotatable bonds is 2. The first kappa shape index (κ1) is 11.5. The van der Waals surface area contributed by atoms with Crippen LogP contribution in [0.5, 0.6) is 0 Å². The molecular weight excluding hydrogens is 240 g/mol. The third-order valence-electron chi connectivity index (χ3n) is 2.28. The fraction of sp³-hybridized carbons (Fsp3) is 0.0833. The quantitative estimate of drug-likeness (QED) is 0.805. The first-order chi connectivity index (χ1) is 8.08. The number of nitrogens with one attached hydrogen (secondary N) is 1. The molecule has 17 heavy (non-hydrogen) atoms. The first-order valence-corrected chi connectivity index (χ1v) is 5.36. The van der Waals surface area contributed by atoms with Gasteiger partial charge in [0.15, 0.2) is 0 Å². The molecular formula is C12H11ClN2O2. The summed E-state index contributed by atoms with van der Waals surface area (Å²) in [6.45, 7) is 1.76. The molecule has 0 saturated heterocycles. The Balaban J connectivity index is 2.24. The maximum atomic E-state index is 11.8. The van der Waals surface area contributed by atoms with Crippen molar-refractivity contribution in [1.29, 1.82) is 0 Å². The molecule has 0 aliphatic heterocycles. The van der Waals surface area contributed by atoms with Crippen molar-refractivity contribution in [1.82, 2.24) is 0 Å². The predicted octanol–water partition coefficient (Wildman–Crippen LogP) is 3.08. The van der Waals surface area contributed by atoms with E-state index in [2.05, 4.69) is 5.32 Å². The number of anilines is 2. The van der Waals surface area contributed by atoms with Crippen molar-refractivity contribution in [3.05, 3.63) is 46.9 Å². The minimum atomic E-state index is -0.304. The van der Waals surface area contributed by atoms with Gasteiger partial charge in [-0.15, -0.1) is 0 Å². The monoisotopic (exact) mass is 250 g/mol. The van der Waals surface area contributed by atoms with Crippen LogP contribution in [-0.4, -0.2) is 5.91 Å². The molecule has 0 fully saturated rings. The number of aryl methyl sites for hydroxylation is 1. The summed E-state index contributed by atoms with van der Waals surface area (Å²) in [7, 11) is 0. The number of nitrogen functional groups attached to an aromatic ring is 1. The van der Waals surface area contributed by atoms with Crippen LogP contribution in [0.1, 0.15) is 16.1 Å². The highest BCUT2D eigenvalue weighted by atomic mass is 35.5. The van der Waals surface area contributed by atoms with Crippen LogP contribution in [0, 0.1) is 6.92 Å². The molecule has 0 radical (unpaired) electrons. The normalized spacial score (nSPS) is 10.2. The van der Waals surface area contributed by atoms with E-state index in [1.165, 1.54) is 6.26 Å². The number of benzene rings is 1. The Hall–Kier alpha value is -1.94. The second-order valence-corrected chi connectivity index (χ2v) is 4.01. The smallest absolute Gasteiger partial charge is 0.259 e. The van der Waals surface area contributed by atoms with Crippen LogP contribution in [0.25, 0.3) is 0 Å². The van der Waals surface area contributed by atoms with E-state index in [9.17, 15) is 4.79 Å². The Morgan fingerprint density at radius 3 is 2.82 bits per heavy atom. The lowest BCUT2D eigenvalue weighted by Crippen LogP contribution is -2.12. The molecule has 1 aromatic heterocycles. The average Bonchev–Trinajstić information content (AvgIpc) is 2.70. The average molecular weight is 251 g/mol. The van der Waals surface area contributed by atoms with Gasteiger partial charge in [0.05, 0.1) is 22.0 Å². The molecule has 2 aromatic rings. The molecule has 0 spiro atoms. The van der Waals surface area contributed by atoms with E-state index in [0.717, 1.165) is 0 Å². The minimum Gasteiger partial charge on any atom is -0.469 e. The molecule has 0 unspecified atom stereocenters. The Labute approximate surface area is 103 Å². The van der Waals surface area contributed by atoms with Gasteiger partial charge in [0.25, 0.3) is 5.91 Å². The van der Waals surface area contributed by atoms with Gasteiger partial charge >= 0.3 is 0 Å². The van der Waals surface area contributed by atoms with Gasteiger partial charge in [-0.1, -0.05) is 17.7 Å². The van der Waals surface area contributed by atoms with Crippen molar-refractivity contribution >= 4 is 28.9 Å². The number of carbonyl (C=O) groups excluding carboxylic acids is 1. The standard InChI is InChI=1S/C12H11ClN2O2/c1-7-5-8(6-17-7)12(16)15-11-9(13)3-2-4-10(11)14/h2-6H,14H2,1H3,(H,15,16). The highest BCUT2D eigenvalue weighted by molar-refractivity contribution is 6.34. The zero-order valence-electron chi connectivity index (χ0n) is 9.16. The molecule has 88 valence electrons. The number of halogens is 1. The Morgan fingerprint density at radius 2 is 2.24 bits per heavy atom. The summed E-state index contributed by atoms with van der Waals surface area (Å²) in [5, 5.41) is 3.05. The minimum absolute atomic E-state index is 0.304. The molecule has 1 aromatic carbocycles. The van der Waals surface area contributed by atoms with Gasteiger partial charge in [-0.05, 0) is 25.1 Å². The third-order valence-corrected chi connectivity index (χ3v) is 2.59. The van der Waals surface area contributed by atoms with Gasteiger partial charge in [0.1, 0.15) is 12.0 Å². The second-order valence-electron chi connectivity index (χ2n) is 3.60. The highest BCUT2D eigenvalue weighted by Gasteiger charge is 2.12. The van der Waals surface area contributed by atoms with Gasteiger partial charge in [-0.3, -0.25) is 4.79 Å². The van der Waals surface area contributed by atoms with E-state index >= 15 is 0 Å². The Morgan fingerprint density at radius 1 is 1.47 bits per heavy atom. The Bertz CT molecular complexity index is 543. The number of furan rings is 1. The molecule has 0 saturated carbocycles. The van der Waals surface area contributed by atoms with E-state index < -0.39 is 0 Å². The summed E-state index contributed by atoms with van der Waals surface area (Å²) in [5.74, 6) is 0.365. The van der Waals surface area contributed by atoms with Gasteiger partial charge in [0.2, 0.25) is 0 Å². The molecule has 1 amide bonds. The number of carbonyl (C=O) groups is 1. The maximum Gasteiger partial charge on any atom is 0.259 e. The summed E-state index contributed by atoms with van der Waals surface area (Å²) in [6.07, 6.45) is 1.39. The SMILES string of the molecule is Cc1cc(C(=O)Nc2c(N)cccc2Cl)co1. The van der Waals surface area contributed by atoms with Gasteiger partial charge in [-0.2, -0.15) is 0 Å². The lowest BCUT2D eigenvalue weighted by molar-refractivity contribution is 0.102. The van der Waals surface area contributed by atoms with Crippen LogP contribution in [0.3, 0.4) is 0 Å². The Kier molecular flexibility index (Phi) is 3.06. The van der Waals surface area contributed by atoms with Crippen molar-refractivity contribution in [2.45, 2.75) is 6.92 Å². The maximum absolute atomic E-state index is 11.8. The molecule has 0 aliphatic carbocycles. The fourth-order valence-electron chi connectivity index (χ4n) is 1.42. The summed E-state index contributed by atoms with van der Waals surface area (Å²) in [6, 6.07) is 6.69. The topological polar surface area (TPSA) is 68.3 Å². The number of amides is 1. The van der Waals surface area contributed by atoms with E-state index in [-0.39, 0.29) is 5.91 Å². The van der Waals surface area contributed by atoms with E-state index in [1.807, 2.05) is 0 Å². The van der Waals surface area contributed by atoms with Crippen LogP contribution in [0.15, 0.2) is 34.9 Å². The van der Waals surface area contributed by atoms with Crippen LogP contribution in [0.4, 0.5) is 11.4 Å². The van der Waals surface area contributed by atoms with Crippen LogP contribution in [-0.2, 0) is 0 Å². The summed E-state index contributed by atoms with van der Waals surface area (Å²) < 4.78 is 5.06. The number of hydrogen-bond acceptors (Lipinski definition) is 3. The van der Waals surface area contributed by atoms with Crippen molar-refractivity contribution in [3.8, 4) is 0 Å². The van der Waals surface area contributed by atoms with Crippen molar-refractivity contribution in [3.63, 3.8) is 0 Å². The first-order valence-electron chi connectivity index (χ1n) is 4.98. The van der Waals surface area contributed by atoms with Crippen LogP contribution in [0.2, 0.25) is 5.02 Å². The lowest BCUT2D eigenvalue weighted by Gasteiger charge is -2.08. The summed E-state index contributed by atoms with van der Waals surface area (Å²) in [5.41, 5.74) is 7.00. The van der Waals surface area contributed by atoms with Gasteiger partial charge < -0.3 is 15.5 Å². The molecule has 0 aliphatic rings. The van der Waals surface area contributed by atoms with Crippen LogP contribution >= 0.6 is 11.6 Å². The number of hydrogen-bond donors (Lipinski definition) is 2. The molecule has 0 bridgehead atoms. The van der Waals surface area contributed by atoms with Crippen molar-refractivity contribution < 1.29 is 9.21 Å². The molecule has 4 nitrogen and oxygen atoms in total. The largest absolute Gasteiger partial charge is 0.469 e. The van der Waals surface area contributed by atoms with Crippen molar-refractivity contribution in [2.24, 2.45) is 0 Å². The predicted molar refractivity (Wildman–Crippen MR) is 67.3 cm³/mol. The zero-order valence-corrected chi connectivity index (χ0v) is 9.91. The molecule has 3 N–H and O–H groups in total. The third kappa shape index (κ3) is 2.42. The van der Waals surface area contributed by atoms with Crippen LogP contribution < -0.4 is 11.1 Å². The van der Waals surface area contributed by atoms with E-state index in [1.54, 1.807) is 31.2 Å². The molecule has 0 atom stereocenters. The molecule has 5 heteroatoms. The fourth-order valence-corrected chi connectivity index (χ4v) is 1.65. The highest BCUT2D eigenvalue weighted by Crippen LogP contribution is 2.28. The van der Waals surface area contributed by atoms with E-state index in [0.29, 0.717) is 27.7 Å². The van der Waals surface area contributed by atoms with Gasteiger partial charge in [0, 0.05) is 0 Å². The molecule has 2 rings (SSSR count).